The molecule has 2 aromatic heterocycles. The van der Waals surface area contributed by atoms with E-state index in [0.717, 1.165) is 31.6 Å². The fourth-order valence-corrected chi connectivity index (χ4v) is 5.44. The first-order valence-electron chi connectivity index (χ1n) is 13.9. The third-order valence-corrected chi connectivity index (χ3v) is 7.48. The van der Waals surface area contributed by atoms with Gasteiger partial charge in [0.05, 0.1) is 55.9 Å². The number of anilines is 1. The average Bonchev–Trinajstić information content (AvgIpc) is 3.54. The van der Waals surface area contributed by atoms with E-state index < -0.39 is 12.7 Å². The number of piperidine rings is 1. The number of likely N-dealkylation sites (tertiary alicyclic amines) is 1. The third-order valence-electron chi connectivity index (χ3n) is 7.48. The standard InChI is InChI=1S/C29H35F3N6O3/c1-36-10-7-25-21(18-36)8-12-40-14-15-41-13-11-37-19-22(17-34-37)28(39)33-9-3-4-23-16-24-26(35-25)5-2-6-27(24)38(23)20-29(30,31)32/h2,5-6,16-17,19,21,25,35H,7-15,18,20H2,1H3,(H,33,39)/t21-,25+/m1/s1. The van der Waals surface area contributed by atoms with Crippen LogP contribution in [0.5, 0.6) is 0 Å². The average molecular weight is 573 g/mol. The Bertz CT molecular complexity index is 1410. The predicted molar refractivity (Wildman–Crippen MR) is 149 cm³/mol. The lowest BCUT2D eigenvalue weighted by molar-refractivity contribution is -0.140. The SMILES string of the molecule is CN1CC[C@@H]2Nc3cccc4c3cc(n4CC(F)(F)F)C#CCNC(=O)c3cnn(c3)CCOCCOCC[C@@H]2C1. The molecule has 0 saturated carbocycles. The van der Waals surface area contributed by atoms with Crippen LogP contribution >= 0.6 is 0 Å². The van der Waals surface area contributed by atoms with Gasteiger partial charge < -0.3 is 29.6 Å². The van der Waals surface area contributed by atoms with Crippen molar-refractivity contribution in [1.29, 1.82) is 0 Å². The van der Waals surface area contributed by atoms with Gasteiger partial charge in [-0.1, -0.05) is 12.0 Å². The Kier molecular flexibility index (Phi) is 9.17. The molecule has 1 saturated heterocycles. The second-order valence-electron chi connectivity index (χ2n) is 10.5. The van der Waals surface area contributed by atoms with Crippen LogP contribution < -0.4 is 10.6 Å². The number of halogens is 3. The quantitative estimate of drug-likeness (QED) is 0.436. The molecule has 1 fully saturated rings. The minimum absolute atomic E-state index is 0.0248. The van der Waals surface area contributed by atoms with Crippen LogP contribution in [0, 0.1) is 17.8 Å². The number of hydrogen-bond donors (Lipinski definition) is 2. The van der Waals surface area contributed by atoms with Crippen LogP contribution in [-0.2, 0) is 22.6 Å². The zero-order valence-corrected chi connectivity index (χ0v) is 23.0. The Labute approximate surface area is 236 Å². The van der Waals surface area contributed by atoms with Crippen molar-refractivity contribution >= 4 is 22.5 Å². The van der Waals surface area contributed by atoms with Crippen LogP contribution in [0.25, 0.3) is 10.9 Å². The van der Waals surface area contributed by atoms with Crippen LogP contribution in [0.3, 0.4) is 0 Å². The summed E-state index contributed by atoms with van der Waals surface area (Å²) in [6, 6.07) is 7.20. The summed E-state index contributed by atoms with van der Waals surface area (Å²) in [5.41, 5.74) is 1.84. The molecule has 0 unspecified atom stereocenters. The lowest BCUT2D eigenvalue weighted by atomic mass is 9.89. The highest BCUT2D eigenvalue weighted by atomic mass is 19.4. The summed E-state index contributed by atoms with van der Waals surface area (Å²) in [6.45, 7) is 3.08. The largest absolute Gasteiger partial charge is 0.406 e. The van der Waals surface area contributed by atoms with Crippen molar-refractivity contribution in [2.45, 2.75) is 38.1 Å². The highest BCUT2D eigenvalue weighted by molar-refractivity contribution is 5.94. The monoisotopic (exact) mass is 572 g/mol. The van der Waals surface area contributed by atoms with Gasteiger partial charge in [-0.15, -0.1) is 0 Å². The molecule has 2 aliphatic rings. The van der Waals surface area contributed by atoms with E-state index in [-0.39, 0.29) is 24.2 Å². The number of aromatic nitrogens is 3. The highest BCUT2D eigenvalue weighted by Gasteiger charge is 2.31. The van der Waals surface area contributed by atoms with Gasteiger partial charge in [-0.3, -0.25) is 9.48 Å². The summed E-state index contributed by atoms with van der Waals surface area (Å²) < 4.78 is 55.2. The number of carbonyl (C=O) groups is 1. The number of nitrogens with zero attached hydrogens (tertiary/aromatic N) is 4. The fourth-order valence-electron chi connectivity index (χ4n) is 5.44. The number of alkyl halides is 3. The first-order chi connectivity index (χ1) is 19.8. The van der Waals surface area contributed by atoms with Crippen molar-refractivity contribution < 1.29 is 27.4 Å². The Hall–Kier alpha value is -3.53. The van der Waals surface area contributed by atoms with E-state index in [2.05, 4.69) is 39.5 Å². The van der Waals surface area contributed by atoms with E-state index in [1.165, 1.54) is 10.8 Å². The van der Waals surface area contributed by atoms with E-state index in [9.17, 15) is 18.0 Å². The summed E-state index contributed by atoms with van der Waals surface area (Å²) >= 11 is 0. The maximum absolute atomic E-state index is 13.6. The van der Waals surface area contributed by atoms with Crippen molar-refractivity contribution in [2.24, 2.45) is 5.92 Å². The Morgan fingerprint density at radius 2 is 1.95 bits per heavy atom. The van der Waals surface area contributed by atoms with E-state index in [1.807, 2.05) is 6.07 Å². The van der Waals surface area contributed by atoms with E-state index in [1.54, 1.807) is 29.1 Å². The molecule has 1 aromatic carbocycles. The molecule has 220 valence electrons. The number of benzene rings is 1. The summed E-state index contributed by atoms with van der Waals surface area (Å²) in [4.78, 5) is 14.8. The molecule has 0 aliphatic carbocycles. The molecular formula is C29H35F3N6O3. The lowest BCUT2D eigenvalue weighted by Crippen LogP contribution is -2.45. The molecule has 0 spiro atoms. The smallest absolute Gasteiger partial charge is 0.381 e. The number of carbonyl (C=O) groups excluding carboxylic acids is 1. The third kappa shape index (κ3) is 7.61. The minimum Gasteiger partial charge on any atom is -0.381 e. The molecule has 12 heteroatoms. The van der Waals surface area contributed by atoms with Gasteiger partial charge in [0.2, 0.25) is 0 Å². The normalized spacial score (nSPS) is 21.9. The molecule has 9 nitrogen and oxygen atoms in total. The fraction of sp³-hybridized carbons (Fsp3) is 0.517. The second-order valence-corrected chi connectivity index (χ2v) is 10.5. The van der Waals surface area contributed by atoms with Gasteiger partial charge in [0.15, 0.2) is 0 Å². The van der Waals surface area contributed by atoms with Crippen LogP contribution in [0.15, 0.2) is 36.7 Å². The van der Waals surface area contributed by atoms with Crippen molar-refractivity contribution in [2.75, 3.05) is 58.4 Å². The van der Waals surface area contributed by atoms with Gasteiger partial charge >= 0.3 is 6.18 Å². The van der Waals surface area contributed by atoms with Gasteiger partial charge in [0.1, 0.15) is 6.54 Å². The molecule has 3 aromatic rings. The molecule has 5 rings (SSSR count). The Morgan fingerprint density at radius 3 is 2.78 bits per heavy atom. The molecule has 41 heavy (non-hydrogen) atoms. The zero-order valence-electron chi connectivity index (χ0n) is 23.0. The van der Waals surface area contributed by atoms with Gasteiger partial charge in [-0.25, -0.2) is 0 Å². The van der Waals surface area contributed by atoms with Crippen LogP contribution in [0.4, 0.5) is 18.9 Å². The molecular weight excluding hydrogens is 537 g/mol. The summed E-state index contributed by atoms with van der Waals surface area (Å²) in [7, 11) is 2.10. The number of rotatable bonds is 1. The van der Waals surface area contributed by atoms with Crippen LogP contribution in [0.1, 0.15) is 28.9 Å². The molecule has 2 atom stereocenters. The lowest BCUT2D eigenvalue weighted by Gasteiger charge is -2.38. The van der Waals surface area contributed by atoms with Crippen LogP contribution in [0.2, 0.25) is 0 Å². The molecule has 4 heterocycles. The van der Waals surface area contributed by atoms with Gasteiger partial charge in [-0.05, 0) is 56.5 Å². The summed E-state index contributed by atoms with van der Waals surface area (Å²) in [5, 5.41) is 11.2. The predicted octanol–water partition coefficient (Wildman–Crippen LogP) is 3.35. The number of fused-ring (bicyclic) bond motifs is 4. The van der Waals surface area contributed by atoms with E-state index >= 15 is 0 Å². The van der Waals surface area contributed by atoms with Crippen LogP contribution in [-0.4, -0.2) is 90.5 Å². The molecule has 2 aliphatic heterocycles. The Balaban J connectivity index is 1.44. The van der Waals surface area contributed by atoms with Gasteiger partial charge in [0.25, 0.3) is 5.91 Å². The number of hydrogen-bond acceptors (Lipinski definition) is 6. The maximum Gasteiger partial charge on any atom is 0.406 e. The van der Waals surface area contributed by atoms with Crippen molar-refractivity contribution in [3.8, 4) is 11.8 Å². The Morgan fingerprint density at radius 1 is 1.12 bits per heavy atom. The topological polar surface area (TPSA) is 85.6 Å². The minimum atomic E-state index is -4.42. The van der Waals surface area contributed by atoms with Gasteiger partial charge in [0, 0.05) is 36.5 Å². The number of nitrogens with one attached hydrogen (secondary N) is 2. The van der Waals surface area contributed by atoms with E-state index in [4.69, 9.17) is 9.47 Å². The van der Waals surface area contributed by atoms with Gasteiger partial charge in [-0.2, -0.15) is 18.3 Å². The van der Waals surface area contributed by atoms with Crippen molar-refractivity contribution in [3.05, 3.63) is 47.9 Å². The number of ether oxygens (including phenoxy) is 2. The van der Waals surface area contributed by atoms with Crippen molar-refractivity contribution in [1.82, 2.24) is 24.6 Å². The molecule has 4 bridgehead atoms. The maximum atomic E-state index is 13.6. The summed E-state index contributed by atoms with van der Waals surface area (Å²) in [5.74, 6) is 5.61. The summed E-state index contributed by atoms with van der Waals surface area (Å²) in [6.07, 6.45) is 0.403. The molecule has 1 amide bonds. The first-order valence-corrected chi connectivity index (χ1v) is 13.9. The second kappa shape index (κ2) is 13.0. The zero-order chi connectivity index (χ0) is 28.8. The van der Waals surface area contributed by atoms with Crippen molar-refractivity contribution in [3.63, 3.8) is 0 Å². The highest BCUT2D eigenvalue weighted by Crippen LogP contribution is 2.32. The first kappa shape index (κ1) is 29.0. The molecule has 2 N–H and O–H groups in total. The number of amides is 1. The molecule has 0 radical (unpaired) electrons. The van der Waals surface area contributed by atoms with E-state index in [0.29, 0.717) is 55.4 Å².